The Morgan fingerprint density at radius 3 is 2.89 bits per heavy atom. The summed E-state index contributed by atoms with van der Waals surface area (Å²) < 4.78 is 45.4. The van der Waals surface area contributed by atoms with Crippen molar-refractivity contribution >= 4 is 44.0 Å². The summed E-state index contributed by atoms with van der Waals surface area (Å²) in [6, 6.07) is 8.55. The average molecular weight is 439 g/mol. The van der Waals surface area contributed by atoms with Gasteiger partial charge >= 0.3 is 0 Å². The molecule has 146 valence electrons. The molecule has 10 heteroatoms. The molecule has 0 radical (unpaired) electrons. The van der Waals surface area contributed by atoms with E-state index in [0.29, 0.717) is 12.1 Å². The van der Waals surface area contributed by atoms with E-state index in [1.54, 1.807) is 0 Å². The van der Waals surface area contributed by atoms with Crippen molar-refractivity contribution in [2.45, 2.75) is 24.8 Å². The summed E-state index contributed by atoms with van der Waals surface area (Å²) >= 11 is 7.17. The molecule has 1 aliphatic heterocycles. The topological polar surface area (TPSA) is 75.2 Å². The third kappa shape index (κ3) is 3.69. The zero-order valence-electron chi connectivity index (χ0n) is 14.8. The number of hydrogen-bond acceptors (Lipinski definition) is 6. The van der Waals surface area contributed by atoms with Crippen LogP contribution in [0.1, 0.15) is 16.7 Å². The molecule has 6 nitrogen and oxygen atoms in total. The highest BCUT2D eigenvalue weighted by molar-refractivity contribution is 7.93. The van der Waals surface area contributed by atoms with Crippen LogP contribution in [0.2, 0.25) is 5.02 Å². The van der Waals surface area contributed by atoms with Crippen LogP contribution >= 0.6 is 23.1 Å². The lowest BCUT2D eigenvalue weighted by molar-refractivity contribution is 0.568. The maximum Gasteiger partial charge on any atom is 0.266 e. The first-order valence-corrected chi connectivity index (χ1v) is 11.1. The van der Waals surface area contributed by atoms with Gasteiger partial charge in [0.25, 0.3) is 10.0 Å². The van der Waals surface area contributed by atoms with Crippen molar-refractivity contribution in [3.63, 3.8) is 0 Å². The summed E-state index contributed by atoms with van der Waals surface area (Å²) in [5.41, 5.74) is 4.07. The maximum absolute atomic E-state index is 14.6. The normalized spacial score (nSPS) is 13.6. The van der Waals surface area contributed by atoms with Crippen LogP contribution in [0.25, 0.3) is 0 Å². The molecule has 0 aliphatic carbocycles. The van der Waals surface area contributed by atoms with E-state index in [9.17, 15) is 12.8 Å². The number of nitrogens with zero attached hydrogens (tertiary/aromatic N) is 3. The molecule has 0 spiro atoms. The predicted molar refractivity (Wildman–Crippen MR) is 108 cm³/mol. The maximum atomic E-state index is 14.6. The van der Waals surface area contributed by atoms with Gasteiger partial charge in [0.05, 0.1) is 0 Å². The van der Waals surface area contributed by atoms with Crippen molar-refractivity contribution in [2.75, 3.05) is 16.2 Å². The first-order valence-electron chi connectivity index (χ1n) is 8.45. The number of aromatic nitrogens is 2. The highest BCUT2D eigenvalue weighted by atomic mass is 35.5. The van der Waals surface area contributed by atoms with Gasteiger partial charge in [0, 0.05) is 35.3 Å². The summed E-state index contributed by atoms with van der Waals surface area (Å²) in [5.74, 6) is -0.861. The molecule has 0 saturated heterocycles. The van der Waals surface area contributed by atoms with Gasteiger partial charge in [0.15, 0.2) is 0 Å². The lowest BCUT2D eigenvalue weighted by Crippen LogP contribution is -2.20. The van der Waals surface area contributed by atoms with Crippen LogP contribution in [0, 0.1) is 12.7 Å². The number of aryl methyl sites for hydroxylation is 1. The SMILES string of the molecule is Cc1ccc2c(c1)CCN2Cc1cc(F)c(S(=O)(=O)Nc2ncns2)cc1Cl. The Hall–Kier alpha value is -2.23. The van der Waals surface area contributed by atoms with E-state index in [1.165, 1.54) is 23.5 Å². The number of nitrogens with one attached hydrogen (secondary N) is 1. The molecule has 4 rings (SSSR count). The molecule has 3 aromatic rings. The fraction of sp³-hybridized carbons (Fsp3) is 0.222. The van der Waals surface area contributed by atoms with Crippen molar-refractivity contribution in [2.24, 2.45) is 0 Å². The van der Waals surface area contributed by atoms with E-state index in [0.717, 1.165) is 36.3 Å². The van der Waals surface area contributed by atoms with Crippen molar-refractivity contribution < 1.29 is 12.8 Å². The largest absolute Gasteiger partial charge is 0.367 e. The Balaban J connectivity index is 1.60. The zero-order chi connectivity index (χ0) is 19.9. The highest BCUT2D eigenvalue weighted by Gasteiger charge is 2.25. The van der Waals surface area contributed by atoms with Gasteiger partial charge in [-0.3, -0.25) is 4.72 Å². The van der Waals surface area contributed by atoms with Crippen LogP contribution in [0.15, 0.2) is 41.6 Å². The molecule has 0 amide bonds. The second-order valence-electron chi connectivity index (χ2n) is 6.53. The predicted octanol–water partition coefficient (Wildman–Crippen LogP) is 4.00. The Labute approximate surface area is 171 Å². The van der Waals surface area contributed by atoms with Gasteiger partial charge in [-0.15, -0.1) is 0 Å². The number of benzene rings is 2. The molecule has 2 aromatic carbocycles. The van der Waals surface area contributed by atoms with Gasteiger partial charge in [-0.25, -0.2) is 17.8 Å². The zero-order valence-corrected chi connectivity index (χ0v) is 17.2. The van der Waals surface area contributed by atoms with Crippen molar-refractivity contribution in [3.05, 3.63) is 64.2 Å². The smallest absolute Gasteiger partial charge is 0.266 e. The van der Waals surface area contributed by atoms with Crippen molar-refractivity contribution in [1.82, 2.24) is 9.36 Å². The lowest BCUT2D eigenvalue weighted by atomic mass is 10.1. The number of fused-ring (bicyclic) bond motifs is 1. The molecule has 0 bridgehead atoms. The number of sulfonamides is 1. The van der Waals surface area contributed by atoms with E-state index in [2.05, 4.69) is 25.0 Å². The summed E-state index contributed by atoms with van der Waals surface area (Å²) in [7, 11) is -4.15. The van der Waals surface area contributed by atoms with Crippen LogP contribution in [-0.4, -0.2) is 24.3 Å². The van der Waals surface area contributed by atoms with E-state index in [4.69, 9.17) is 11.6 Å². The number of rotatable bonds is 5. The first kappa shape index (κ1) is 19.1. The van der Waals surface area contributed by atoms with Gasteiger partial charge in [-0.1, -0.05) is 29.3 Å². The van der Waals surface area contributed by atoms with E-state index >= 15 is 0 Å². The van der Waals surface area contributed by atoms with E-state index in [1.807, 2.05) is 19.1 Å². The number of hydrogen-bond donors (Lipinski definition) is 1. The Kier molecular flexibility index (Phi) is 4.98. The van der Waals surface area contributed by atoms with Crippen LogP contribution < -0.4 is 9.62 Å². The van der Waals surface area contributed by atoms with Gasteiger partial charge < -0.3 is 4.90 Å². The average Bonchev–Trinajstić information content (AvgIpc) is 3.27. The van der Waals surface area contributed by atoms with E-state index in [-0.39, 0.29) is 10.2 Å². The molecule has 0 atom stereocenters. The molecule has 1 N–H and O–H groups in total. The van der Waals surface area contributed by atoms with Crippen LogP contribution in [0.4, 0.5) is 15.2 Å². The van der Waals surface area contributed by atoms with Crippen molar-refractivity contribution in [1.29, 1.82) is 0 Å². The number of halogens is 2. The van der Waals surface area contributed by atoms with Gasteiger partial charge in [-0.2, -0.15) is 4.37 Å². The molecule has 2 heterocycles. The lowest BCUT2D eigenvalue weighted by Gasteiger charge is -2.21. The highest BCUT2D eigenvalue weighted by Crippen LogP contribution is 2.33. The van der Waals surface area contributed by atoms with Crippen molar-refractivity contribution in [3.8, 4) is 0 Å². The third-order valence-electron chi connectivity index (χ3n) is 4.56. The second kappa shape index (κ2) is 7.31. The monoisotopic (exact) mass is 438 g/mol. The summed E-state index contributed by atoms with van der Waals surface area (Å²) in [5, 5.41) is 0.253. The van der Waals surface area contributed by atoms with Crippen LogP contribution in [0.3, 0.4) is 0 Å². The van der Waals surface area contributed by atoms with Crippen LogP contribution in [0.5, 0.6) is 0 Å². The molecule has 1 aliphatic rings. The molecule has 0 unspecified atom stereocenters. The fourth-order valence-electron chi connectivity index (χ4n) is 3.25. The fourth-order valence-corrected chi connectivity index (χ4v) is 5.29. The van der Waals surface area contributed by atoms with Crippen LogP contribution in [-0.2, 0) is 23.0 Å². The van der Waals surface area contributed by atoms with Gasteiger partial charge in [0.1, 0.15) is 17.0 Å². The summed E-state index contributed by atoms with van der Waals surface area (Å²) in [6.07, 6.45) is 2.12. The Bertz CT molecular complexity index is 1140. The quantitative estimate of drug-likeness (QED) is 0.651. The molecular weight excluding hydrogens is 423 g/mol. The minimum Gasteiger partial charge on any atom is -0.367 e. The third-order valence-corrected chi connectivity index (χ3v) is 6.98. The molecule has 0 saturated carbocycles. The molecule has 0 fully saturated rings. The summed E-state index contributed by atoms with van der Waals surface area (Å²) in [6.45, 7) is 3.25. The van der Waals surface area contributed by atoms with Gasteiger partial charge in [-0.05, 0) is 42.7 Å². The molecule has 1 aromatic heterocycles. The van der Waals surface area contributed by atoms with E-state index < -0.39 is 20.7 Å². The minimum absolute atomic E-state index is 0.0589. The minimum atomic E-state index is -4.15. The second-order valence-corrected chi connectivity index (χ2v) is 9.37. The Morgan fingerprint density at radius 1 is 1.32 bits per heavy atom. The molecule has 28 heavy (non-hydrogen) atoms. The van der Waals surface area contributed by atoms with Gasteiger partial charge in [0.2, 0.25) is 5.13 Å². The summed E-state index contributed by atoms with van der Waals surface area (Å²) in [4.78, 5) is 5.34. The first-order chi connectivity index (χ1) is 13.3. The standard InChI is InChI=1S/C18H16ClFN4O2S2/c1-11-2-3-16-12(6-11)4-5-24(16)9-13-7-15(20)17(8-14(13)19)28(25,26)23-18-21-10-22-27-18/h2-3,6-8,10H,4-5,9H2,1H3,(H,21,22,23). The molecular formula is C18H16ClFN4O2S2. The Morgan fingerprint density at radius 2 is 2.14 bits per heavy atom. The number of anilines is 2.